The van der Waals surface area contributed by atoms with Gasteiger partial charge in [-0.05, 0) is 19.3 Å². The van der Waals surface area contributed by atoms with E-state index in [1.807, 2.05) is 0 Å². The maximum absolute atomic E-state index is 5.41. The Morgan fingerprint density at radius 3 is 2.75 bits per heavy atom. The first kappa shape index (κ1) is 4.77. The Kier molecular flexibility index (Phi) is 0.866. The fourth-order valence-electron chi connectivity index (χ4n) is 1.27. The van der Waals surface area contributed by atoms with Crippen LogP contribution in [0.3, 0.4) is 0 Å². The molecular formula is C6H10NO. The van der Waals surface area contributed by atoms with E-state index in [0.717, 1.165) is 13.3 Å². The molecule has 1 saturated heterocycles. The molecule has 0 aromatic rings. The fourth-order valence-corrected chi connectivity index (χ4v) is 1.27. The lowest BCUT2D eigenvalue weighted by atomic mass is 9.81. The highest BCUT2D eigenvalue weighted by Gasteiger charge is 2.40. The maximum Gasteiger partial charge on any atom is 0.0974 e. The second-order valence-electron chi connectivity index (χ2n) is 2.52. The van der Waals surface area contributed by atoms with Gasteiger partial charge in [-0.2, -0.15) is 0 Å². The van der Waals surface area contributed by atoms with Gasteiger partial charge in [0.05, 0.1) is 12.3 Å². The first-order valence-electron chi connectivity index (χ1n) is 3.10. The predicted molar refractivity (Wildman–Crippen MR) is 30.2 cm³/mol. The Bertz CT molecular complexity index is 90.7. The quantitative estimate of drug-likeness (QED) is 0.486. The molecule has 2 nitrogen and oxygen atoms in total. The minimum absolute atomic E-state index is 0.181. The van der Waals surface area contributed by atoms with E-state index in [2.05, 4.69) is 11.7 Å². The summed E-state index contributed by atoms with van der Waals surface area (Å²) < 4.78 is 5.41. The van der Waals surface area contributed by atoms with Crippen LogP contribution in [0.1, 0.15) is 12.8 Å². The van der Waals surface area contributed by atoms with Gasteiger partial charge in [-0.25, -0.2) is 0 Å². The highest BCUT2D eigenvalue weighted by Crippen LogP contribution is 2.35. The summed E-state index contributed by atoms with van der Waals surface area (Å²) >= 11 is 0. The van der Waals surface area contributed by atoms with E-state index >= 15 is 0 Å². The van der Waals surface area contributed by atoms with Crippen LogP contribution in [-0.2, 0) is 4.74 Å². The standard InChI is InChI=1S/C6H10NO/c1-2-6(3-1)4-7-5-8-6/h2,7H,1,3-5H2. The first-order valence-corrected chi connectivity index (χ1v) is 3.10. The zero-order valence-corrected chi connectivity index (χ0v) is 4.81. The van der Waals surface area contributed by atoms with Crippen molar-refractivity contribution >= 4 is 0 Å². The van der Waals surface area contributed by atoms with Gasteiger partial charge in [-0.15, -0.1) is 0 Å². The van der Waals surface area contributed by atoms with Gasteiger partial charge in [0.1, 0.15) is 0 Å². The van der Waals surface area contributed by atoms with Gasteiger partial charge in [0, 0.05) is 6.54 Å². The summed E-state index contributed by atoms with van der Waals surface area (Å²) in [6, 6.07) is 0. The molecular weight excluding hydrogens is 102 g/mol. The third-order valence-electron chi connectivity index (χ3n) is 1.97. The zero-order chi connectivity index (χ0) is 5.45. The van der Waals surface area contributed by atoms with Gasteiger partial charge < -0.3 is 4.74 Å². The van der Waals surface area contributed by atoms with Crippen LogP contribution in [0.15, 0.2) is 0 Å². The highest BCUT2D eigenvalue weighted by atomic mass is 16.5. The summed E-state index contributed by atoms with van der Waals surface area (Å²) in [7, 11) is 0. The molecule has 1 saturated carbocycles. The van der Waals surface area contributed by atoms with E-state index in [1.165, 1.54) is 12.8 Å². The molecule has 0 bridgehead atoms. The summed E-state index contributed by atoms with van der Waals surface area (Å²) in [6.07, 6.45) is 4.72. The molecule has 1 aliphatic heterocycles. The molecule has 2 rings (SSSR count). The summed E-state index contributed by atoms with van der Waals surface area (Å²) in [5.41, 5.74) is 0.181. The Morgan fingerprint density at radius 1 is 1.62 bits per heavy atom. The van der Waals surface area contributed by atoms with Crippen molar-refractivity contribution in [2.75, 3.05) is 13.3 Å². The first-order chi connectivity index (χ1) is 3.91. The molecule has 2 aliphatic rings. The molecule has 1 spiro atoms. The van der Waals surface area contributed by atoms with Crippen molar-refractivity contribution in [3.05, 3.63) is 6.42 Å². The smallest absolute Gasteiger partial charge is 0.0974 e. The highest BCUT2D eigenvalue weighted by molar-refractivity contribution is 5.07. The minimum atomic E-state index is 0.181. The van der Waals surface area contributed by atoms with E-state index in [-0.39, 0.29) is 5.60 Å². The van der Waals surface area contributed by atoms with E-state index < -0.39 is 0 Å². The third-order valence-corrected chi connectivity index (χ3v) is 1.97. The molecule has 0 aromatic heterocycles. The lowest BCUT2D eigenvalue weighted by molar-refractivity contribution is -0.00379. The topological polar surface area (TPSA) is 21.3 Å². The second-order valence-corrected chi connectivity index (χ2v) is 2.52. The van der Waals surface area contributed by atoms with Crippen LogP contribution >= 0.6 is 0 Å². The molecule has 2 fully saturated rings. The fraction of sp³-hybridized carbons (Fsp3) is 0.833. The number of ether oxygens (including phenoxy) is 1. The van der Waals surface area contributed by atoms with Crippen molar-refractivity contribution in [3.8, 4) is 0 Å². The Balaban J connectivity index is 2.01. The molecule has 0 aromatic carbocycles. The van der Waals surface area contributed by atoms with Crippen molar-refractivity contribution in [1.29, 1.82) is 0 Å². The van der Waals surface area contributed by atoms with Crippen molar-refractivity contribution in [2.24, 2.45) is 0 Å². The number of hydrogen-bond donors (Lipinski definition) is 1. The Morgan fingerprint density at radius 2 is 2.50 bits per heavy atom. The molecule has 8 heavy (non-hydrogen) atoms. The minimum Gasteiger partial charge on any atom is -0.358 e. The van der Waals surface area contributed by atoms with Gasteiger partial charge >= 0.3 is 0 Å². The summed E-state index contributed by atoms with van der Waals surface area (Å²) in [4.78, 5) is 0. The van der Waals surface area contributed by atoms with Crippen LogP contribution in [0, 0.1) is 6.42 Å². The van der Waals surface area contributed by atoms with Crippen LogP contribution in [0.4, 0.5) is 0 Å². The average Bonchev–Trinajstić information content (AvgIpc) is 2.07. The van der Waals surface area contributed by atoms with Gasteiger partial charge in [-0.1, -0.05) is 0 Å². The van der Waals surface area contributed by atoms with Crippen molar-refractivity contribution < 1.29 is 4.74 Å². The van der Waals surface area contributed by atoms with Gasteiger partial charge in [0.15, 0.2) is 0 Å². The maximum atomic E-state index is 5.41. The Labute approximate surface area is 49.2 Å². The molecule has 2 heteroatoms. The molecule has 1 heterocycles. The van der Waals surface area contributed by atoms with Gasteiger partial charge in [-0.3, -0.25) is 5.32 Å². The van der Waals surface area contributed by atoms with Crippen LogP contribution in [0.25, 0.3) is 0 Å². The summed E-state index contributed by atoms with van der Waals surface area (Å²) in [6.45, 7) is 1.78. The van der Waals surface area contributed by atoms with Crippen LogP contribution in [-0.4, -0.2) is 18.9 Å². The van der Waals surface area contributed by atoms with Crippen LogP contribution in [0.2, 0.25) is 0 Å². The van der Waals surface area contributed by atoms with Crippen molar-refractivity contribution in [1.82, 2.24) is 5.32 Å². The average molecular weight is 112 g/mol. The number of nitrogens with one attached hydrogen (secondary N) is 1. The monoisotopic (exact) mass is 112 g/mol. The molecule has 1 unspecified atom stereocenters. The van der Waals surface area contributed by atoms with Crippen LogP contribution in [0.5, 0.6) is 0 Å². The zero-order valence-electron chi connectivity index (χ0n) is 4.81. The number of rotatable bonds is 0. The van der Waals surface area contributed by atoms with Crippen molar-refractivity contribution in [2.45, 2.75) is 18.4 Å². The lowest BCUT2D eigenvalue weighted by Crippen LogP contribution is -2.41. The molecule has 1 aliphatic carbocycles. The largest absolute Gasteiger partial charge is 0.358 e. The lowest BCUT2D eigenvalue weighted by Gasteiger charge is -2.35. The molecule has 1 atom stereocenters. The molecule has 45 valence electrons. The van der Waals surface area contributed by atoms with Crippen LogP contribution < -0.4 is 5.32 Å². The predicted octanol–water partition coefficient (Wildman–Crippen LogP) is 0.301. The number of hydrogen-bond acceptors (Lipinski definition) is 2. The van der Waals surface area contributed by atoms with E-state index in [9.17, 15) is 0 Å². The van der Waals surface area contributed by atoms with E-state index in [0.29, 0.717) is 0 Å². The molecule has 1 N–H and O–H groups in total. The van der Waals surface area contributed by atoms with E-state index in [1.54, 1.807) is 0 Å². The normalized spacial score (nSPS) is 33.0. The van der Waals surface area contributed by atoms with Gasteiger partial charge in [0.25, 0.3) is 0 Å². The molecule has 0 amide bonds. The Hall–Kier alpha value is -0.0800. The third kappa shape index (κ3) is 0.501. The van der Waals surface area contributed by atoms with Gasteiger partial charge in [0.2, 0.25) is 0 Å². The summed E-state index contributed by atoms with van der Waals surface area (Å²) in [5.74, 6) is 0. The van der Waals surface area contributed by atoms with E-state index in [4.69, 9.17) is 4.74 Å². The summed E-state index contributed by atoms with van der Waals surface area (Å²) in [5, 5.41) is 3.16. The second kappa shape index (κ2) is 1.45. The van der Waals surface area contributed by atoms with Crippen molar-refractivity contribution in [3.63, 3.8) is 0 Å². The SMILES string of the molecule is [CH]1CCC12CNCO2. The molecule has 1 radical (unpaired) electrons.